The Morgan fingerprint density at radius 3 is 1.93 bits per heavy atom. The number of rotatable bonds is 9. The number of benzene rings is 2. The maximum atomic E-state index is 13.8. The van der Waals surface area contributed by atoms with Gasteiger partial charge in [0.15, 0.2) is 23.0 Å². The number of nitrogens with zero attached hydrogens (tertiary/aromatic N) is 2. The molecule has 11 heteroatoms. The third-order valence-electron chi connectivity index (χ3n) is 9.66. The zero-order chi connectivity index (χ0) is 31.7. The lowest BCUT2D eigenvalue weighted by Gasteiger charge is -2.49. The second-order valence-corrected chi connectivity index (χ2v) is 12.4. The van der Waals surface area contributed by atoms with Crippen molar-refractivity contribution < 1.29 is 33.6 Å². The summed E-state index contributed by atoms with van der Waals surface area (Å²) in [5.41, 5.74) is 4.54. The van der Waals surface area contributed by atoms with Gasteiger partial charge in [0, 0.05) is 25.7 Å². The van der Waals surface area contributed by atoms with Crippen LogP contribution < -0.4 is 18.9 Å². The third-order valence-corrected chi connectivity index (χ3v) is 10.5. The molecule has 238 valence electrons. The second-order valence-electron chi connectivity index (χ2n) is 11.7. The number of hydrogen-bond donors (Lipinski definition) is 1. The molecule has 1 amide bonds. The summed E-state index contributed by atoms with van der Waals surface area (Å²) in [6, 6.07) is 7.98. The van der Waals surface area contributed by atoms with Crippen LogP contribution in [0.5, 0.6) is 23.0 Å². The van der Waals surface area contributed by atoms with Gasteiger partial charge in [-0.15, -0.1) is 0 Å². The van der Waals surface area contributed by atoms with Crippen molar-refractivity contribution in [1.82, 2.24) is 9.80 Å². The molecule has 0 spiro atoms. The van der Waals surface area contributed by atoms with Gasteiger partial charge in [-0.2, -0.15) is 0 Å². The lowest BCUT2D eigenvalue weighted by molar-refractivity contribution is -0.133. The summed E-state index contributed by atoms with van der Waals surface area (Å²) in [5.74, 6) is 1.29. The summed E-state index contributed by atoms with van der Waals surface area (Å²) in [6.07, 6.45) is 4.08. The molecular weight excluding hydrogens is 607 g/mol. The maximum absolute atomic E-state index is 13.8. The highest BCUT2D eigenvalue weighted by atomic mass is 35.5. The van der Waals surface area contributed by atoms with Gasteiger partial charge >= 0.3 is 5.97 Å². The fourth-order valence-electron chi connectivity index (χ4n) is 7.38. The summed E-state index contributed by atoms with van der Waals surface area (Å²) in [4.78, 5) is 29.6. The Bertz CT molecular complexity index is 1460. The van der Waals surface area contributed by atoms with Gasteiger partial charge in [0.05, 0.1) is 34.5 Å². The van der Waals surface area contributed by atoms with Crippen LogP contribution in [0.1, 0.15) is 60.5 Å². The number of fused-ring (bicyclic) bond motifs is 4. The van der Waals surface area contributed by atoms with Crippen molar-refractivity contribution >= 4 is 35.1 Å². The number of carbonyl (C=O) groups is 2. The van der Waals surface area contributed by atoms with E-state index in [2.05, 4.69) is 24.0 Å². The van der Waals surface area contributed by atoms with Gasteiger partial charge in [-0.1, -0.05) is 36.5 Å². The molecule has 2 aromatic rings. The van der Waals surface area contributed by atoms with Crippen LogP contribution in [0.2, 0.25) is 0 Å². The van der Waals surface area contributed by atoms with Gasteiger partial charge in [0.1, 0.15) is 10.1 Å². The molecule has 3 heterocycles. The molecule has 1 N–H and O–H groups in total. The van der Waals surface area contributed by atoms with E-state index in [0.717, 1.165) is 55.0 Å². The smallest absolute Gasteiger partial charge is 0.349 e. The van der Waals surface area contributed by atoms with E-state index < -0.39 is 21.9 Å². The number of carboxylic acid groups (broad SMARTS) is 1. The number of piperidine rings is 1. The van der Waals surface area contributed by atoms with Crippen LogP contribution in [-0.2, 0) is 22.4 Å². The van der Waals surface area contributed by atoms with Gasteiger partial charge in [0.2, 0.25) is 0 Å². The molecule has 5 rings (SSSR count). The van der Waals surface area contributed by atoms with E-state index in [1.165, 1.54) is 11.1 Å². The van der Waals surface area contributed by atoms with Crippen LogP contribution in [0.3, 0.4) is 0 Å². The number of methoxy groups -OCH3 is 4. The Labute approximate surface area is 268 Å². The lowest BCUT2D eigenvalue weighted by atomic mass is 9.72. The third kappa shape index (κ3) is 5.94. The Hall–Kier alpha value is -3.14. The van der Waals surface area contributed by atoms with Gasteiger partial charge in [0.25, 0.3) is 5.91 Å². The van der Waals surface area contributed by atoms with E-state index >= 15 is 0 Å². The quantitative estimate of drug-likeness (QED) is 0.334. The topological polar surface area (TPSA) is 97.8 Å². The summed E-state index contributed by atoms with van der Waals surface area (Å²) < 4.78 is 22.5. The first-order valence-corrected chi connectivity index (χ1v) is 15.7. The van der Waals surface area contributed by atoms with Gasteiger partial charge in [-0.25, -0.2) is 4.79 Å². The molecule has 44 heavy (non-hydrogen) atoms. The minimum atomic E-state index is -1.44. The minimum Gasteiger partial charge on any atom is -0.493 e. The van der Waals surface area contributed by atoms with Crippen LogP contribution in [0, 0.1) is 11.8 Å². The first-order valence-electron chi connectivity index (χ1n) is 15.0. The molecule has 0 aromatic heterocycles. The molecule has 0 bridgehead atoms. The van der Waals surface area contributed by atoms with E-state index in [-0.39, 0.29) is 18.0 Å². The molecule has 3 aliphatic heterocycles. The van der Waals surface area contributed by atoms with Crippen LogP contribution >= 0.6 is 23.2 Å². The van der Waals surface area contributed by atoms with E-state index in [0.29, 0.717) is 36.8 Å². The predicted octanol–water partition coefficient (Wildman–Crippen LogP) is 5.96. The first-order chi connectivity index (χ1) is 21.1. The number of ether oxygens (including phenoxy) is 4. The van der Waals surface area contributed by atoms with Crippen molar-refractivity contribution in [3.8, 4) is 23.0 Å². The van der Waals surface area contributed by atoms with Crippen LogP contribution in [0.4, 0.5) is 0 Å². The number of carbonyl (C=O) groups excluding carboxylic acids is 1. The van der Waals surface area contributed by atoms with Crippen molar-refractivity contribution in [2.45, 2.75) is 51.1 Å². The highest BCUT2D eigenvalue weighted by Gasteiger charge is 2.42. The number of amides is 1. The molecule has 2 aromatic carbocycles. The number of carboxylic acids is 1. The summed E-state index contributed by atoms with van der Waals surface area (Å²) >= 11 is 12.3. The Kier molecular flexibility index (Phi) is 9.87. The van der Waals surface area contributed by atoms with E-state index in [1.807, 2.05) is 12.1 Å². The number of hydrogen-bond acceptors (Lipinski definition) is 7. The minimum absolute atomic E-state index is 0.203. The summed E-state index contributed by atoms with van der Waals surface area (Å²) in [5, 5.41) is 8.27. The van der Waals surface area contributed by atoms with Crippen LogP contribution in [-0.4, -0.2) is 74.9 Å². The highest BCUT2D eigenvalue weighted by molar-refractivity contribution is 6.53. The first kappa shape index (κ1) is 32.3. The standard InChI is InChI=1S/C33H40Cl2N2O7/c1-6-18-17-36-9-7-19-13-26(41-2)28(43-4)15-22(19)24(36)11-21(18)12-25-23-16-29(44-5)27(42-3)14-20(23)8-10-37(25)32(38)30(34)31(35)33(39)40/h13-16,18,21,24-25H,6-12,17H2,1-5H3,(H,39,40). The molecule has 0 aliphatic carbocycles. The molecule has 3 aliphatic rings. The Balaban J connectivity index is 1.55. The van der Waals surface area contributed by atoms with Crippen LogP contribution in [0.15, 0.2) is 34.3 Å². The van der Waals surface area contributed by atoms with E-state index in [4.69, 9.17) is 42.1 Å². The van der Waals surface area contributed by atoms with Crippen LogP contribution in [0.25, 0.3) is 0 Å². The lowest BCUT2D eigenvalue weighted by Crippen LogP contribution is -2.47. The second kappa shape index (κ2) is 13.5. The highest BCUT2D eigenvalue weighted by Crippen LogP contribution is 2.49. The molecule has 1 saturated heterocycles. The Morgan fingerprint density at radius 2 is 1.36 bits per heavy atom. The average molecular weight is 648 g/mol. The number of aliphatic carboxylic acids is 1. The summed E-state index contributed by atoms with van der Waals surface area (Å²) in [7, 11) is 6.51. The van der Waals surface area contributed by atoms with Crippen molar-refractivity contribution in [1.29, 1.82) is 0 Å². The monoisotopic (exact) mass is 646 g/mol. The molecule has 4 atom stereocenters. The molecule has 9 nitrogen and oxygen atoms in total. The SMILES string of the molecule is CCC1CN2CCc3cc(OC)c(OC)cc3C2CC1CC1c2cc(OC)c(OC)cc2CCN1C(=O)C(Cl)=C(Cl)C(=O)O. The molecule has 0 radical (unpaired) electrons. The fourth-order valence-corrected chi connectivity index (χ4v) is 7.65. The van der Waals surface area contributed by atoms with Gasteiger partial charge in [-0.05, 0) is 84.0 Å². The van der Waals surface area contributed by atoms with Crippen molar-refractivity contribution in [3.63, 3.8) is 0 Å². The summed E-state index contributed by atoms with van der Waals surface area (Å²) in [6.45, 7) is 4.51. The molecular formula is C33H40Cl2N2O7. The predicted molar refractivity (Wildman–Crippen MR) is 168 cm³/mol. The normalized spacial score (nSPS) is 23.5. The fraction of sp³-hybridized carbons (Fsp3) is 0.515. The van der Waals surface area contributed by atoms with Gasteiger partial charge in [-0.3, -0.25) is 9.69 Å². The number of halogens is 2. The Morgan fingerprint density at radius 1 is 0.818 bits per heavy atom. The van der Waals surface area contributed by atoms with E-state index in [1.54, 1.807) is 33.3 Å². The van der Waals surface area contributed by atoms with Crippen molar-refractivity contribution in [2.24, 2.45) is 11.8 Å². The largest absolute Gasteiger partial charge is 0.493 e. The van der Waals surface area contributed by atoms with E-state index in [9.17, 15) is 14.7 Å². The van der Waals surface area contributed by atoms with Crippen molar-refractivity contribution in [3.05, 3.63) is 56.6 Å². The van der Waals surface area contributed by atoms with Crippen molar-refractivity contribution in [2.75, 3.05) is 48.1 Å². The zero-order valence-corrected chi connectivity index (χ0v) is 27.3. The molecule has 1 fully saturated rings. The molecule has 4 unspecified atom stereocenters. The molecule has 0 saturated carbocycles. The maximum Gasteiger partial charge on any atom is 0.349 e. The van der Waals surface area contributed by atoms with Gasteiger partial charge < -0.3 is 29.0 Å². The zero-order valence-electron chi connectivity index (χ0n) is 25.8. The average Bonchev–Trinajstić information content (AvgIpc) is 3.05.